The van der Waals surface area contributed by atoms with Crippen LogP contribution in [0.15, 0.2) is 30.5 Å². The molecule has 0 unspecified atom stereocenters. The van der Waals surface area contributed by atoms with E-state index in [2.05, 4.69) is 10.3 Å². The first-order valence-corrected chi connectivity index (χ1v) is 7.16. The van der Waals surface area contributed by atoms with E-state index in [1.54, 1.807) is 24.3 Å². The molecule has 1 N–H and O–H groups in total. The van der Waals surface area contributed by atoms with Crippen molar-refractivity contribution in [3.63, 3.8) is 0 Å². The number of halogens is 1. The van der Waals surface area contributed by atoms with Gasteiger partial charge in [-0.1, -0.05) is 22.9 Å². The number of aliphatic carboxylic acids is 1. The van der Waals surface area contributed by atoms with Crippen LogP contribution < -0.4 is 0 Å². The van der Waals surface area contributed by atoms with Gasteiger partial charge in [-0.15, -0.1) is 5.10 Å². The molecule has 1 aromatic heterocycles. The molecule has 1 amide bonds. The van der Waals surface area contributed by atoms with E-state index < -0.39 is 17.9 Å². The molecule has 0 spiro atoms. The minimum Gasteiger partial charge on any atom is -0.480 e. The van der Waals surface area contributed by atoms with Crippen LogP contribution in [0.4, 0.5) is 0 Å². The van der Waals surface area contributed by atoms with Gasteiger partial charge in [0, 0.05) is 11.6 Å². The van der Waals surface area contributed by atoms with E-state index in [-0.39, 0.29) is 5.69 Å². The minimum absolute atomic E-state index is 0.119. The Morgan fingerprint density at radius 1 is 1.36 bits per heavy atom. The largest absolute Gasteiger partial charge is 0.480 e. The van der Waals surface area contributed by atoms with Gasteiger partial charge in [-0.05, 0) is 31.0 Å². The molecule has 0 aliphatic carbocycles. The van der Waals surface area contributed by atoms with Crippen molar-refractivity contribution in [2.45, 2.75) is 18.9 Å². The molecule has 1 atom stereocenters. The van der Waals surface area contributed by atoms with Crippen LogP contribution in [0, 0.1) is 0 Å². The molecule has 22 heavy (non-hydrogen) atoms. The smallest absolute Gasteiger partial charge is 0.326 e. The summed E-state index contributed by atoms with van der Waals surface area (Å²) in [6, 6.07) is 6.19. The van der Waals surface area contributed by atoms with Crippen LogP contribution >= 0.6 is 11.6 Å². The van der Waals surface area contributed by atoms with Crippen LogP contribution in [0.1, 0.15) is 23.3 Å². The maximum atomic E-state index is 12.4. The van der Waals surface area contributed by atoms with E-state index >= 15 is 0 Å². The summed E-state index contributed by atoms with van der Waals surface area (Å²) in [6.45, 7) is 0.416. The van der Waals surface area contributed by atoms with E-state index in [0.717, 1.165) is 0 Å². The third-order valence-corrected chi connectivity index (χ3v) is 3.82. The maximum absolute atomic E-state index is 12.4. The molecule has 8 heteroatoms. The number of carboxylic acid groups (broad SMARTS) is 1. The molecule has 1 fully saturated rings. The Hall–Kier alpha value is -2.41. The molecular weight excluding hydrogens is 308 g/mol. The highest BCUT2D eigenvalue weighted by Gasteiger charge is 2.35. The summed E-state index contributed by atoms with van der Waals surface area (Å²) in [5.41, 5.74) is 0.795. The monoisotopic (exact) mass is 320 g/mol. The van der Waals surface area contributed by atoms with Gasteiger partial charge in [-0.3, -0.25) is 4.79 Å². The highest BCUT2D eigenvalue weighted by atomic mass is 35.5. The number of amides is 1. The van der Waals surface area contributed by atoms with Gasteiger partial charge in [0.25, 0.3) is 5.91 Å². The van der Waals surface area contributed by atoms with Crippen LogP contribution in [-0.2, 0) is 4.79 Å². The fourth-order valence-corrected chi connectivity index (χ4v) is 2.70. The van der Waals surface area contributed by atoms with Gasteiger partial charge in [0.05, 0.1) is 11.9 Å². The van der Waals surface area contributed by atoms with Gasteiger partial charge in [0.2, 0.25) is 0 Å². The lowest BCUT2D eigenvalue weighted by molar-refractivity contribution is -0.141. The van der Waals surface area contributed by atoms with Crippen molar-refractivity contribution in [1.29, 1.82) is 0 Å². The number of carbonyl (C=O) groups is 2. The lowest BCUT2D eigenvalue weighted by Crippen LogP contribution is -2.40. The zero-order valence-electron chi connectivity index (χ0n) is 11.5. The van der Waals surface area contributed by atoms with Gasteiger partial charge in [0.1, 0.15) is 6.04 Å². The summed E-state index contributed by atoms with van der Waals surface area (Å²) >= 11 is 5.92. The molecule has 1 saturated heterocycles. The molecule has 1 aromatic carbocycles. The quantitative estimate of drug-likeness (QED) is 0.928. The number of carbonyl (C=O) groups excluding carboxylic acids is 1. The Balaban J connectivity index is 1.84. The first-order valence-electron chi connectivity index (χ1n) is 6.78. The summed E-state index contributed by atoms with van der Waals surface area (Å²) < 4.78 is 1.44. The predicted molar refractivity (Wildman–Crippen MR) is 78.1 cm³/mol. The minimum atomic E-state index is -0.993. The topological polar surface area (TPSA) is 88.3 Å². The first-order chi connectivity index (χ1) is 10.6. The van der Waals surface area contributed by atoms with Crippen LogP contribution in [0.2, 0.25) is 5.02 Å². The number of aromatic nitrogens is 3. The van der Waals surface area contributed by atoms with Crippen molar-refractivity contribution in [2.24, 2.45) is 0 Å². The van der Waals surface area contributed by atoms with Crippen molar-refractivity contribution in [2.75, 3.05) is 6.54 Å². The maximum Gasteiger partial charge on any atom is 0.326 e. The van der Waals surface area contributed by atoms with Crippen molar-refractivity contribution in [3.05, 3.63) is 41.2 Å². The molecular formula is C14H13ClN4O3. The number of rotatable bonds is 3. The molecule has 0 radical (unpaired) electrons. The summed E-state index contributed by atoms with van der Waals surface area (Å²) in [6.07, 6.45) is 2.61. The van der Waals surface area contributed by atoms with Gasteiger partial charge >= 0.3 is 5.97 Å². The second-order valence-corrected chi connectivity index (χ2v) is 5.46. The fraction of sp³-hybridized carbons (Fsp3) is 0.286. The molecule has 1 aliphatic heterocycles. The molecule has 114 valence electrons. The number of benzene rings is 1. The summed E-state index contributed by atoms with van der Waals surface area (Å²) in [5.74, 6) is -1.41. The number of carboxylic acids is 1. The van der Waals surface area contributed by atoms with E-state index in [1.165, 1.54) is 15.8 Å². The first kappa shape index (κ1) is 14.5. The Labute approximate surface area is 131 Å². The fourth-order valence-electron chi connectivity index (χ4n) is 2.52. The number of nitrogens with zero attached hydrogens (tertiary/aromatic N) is 4. The molecule has 1 aliphatic rings. The lowest BCUT2D eigenvalue weighted by Gasteiger charge is -2.19. The lowest BCUT2D eigenvalue weighted by atomic mass is 10.2. The second kappa shape index (κ2) is 5.76. The molecule has 0 saturated carbocycles. The Kier molecular flexibility index (Phi) is 3.81. The summed E-state index contributed by atoms with van der Waals surface area (Å²) in [4.78, 5) is 24.9. The SMILES string of the molecule is O=C(O)[C@@H]1CCCN1C(=O)c1cn(-c2cccc(Cl)c2)nn1. The molecule has 2 heterocycles. The van der Waals surface area contributed by atoms with Crippen molar-refractivity contribution >= 4 is 23.5 Å². The summed E-state index contributed by atoms with van der Waals surface area (Å²) in [7, 11) is 0. The Morgan fingerprint density at radius 3 is 2.91 bits per heavy atom. The third kappa shape index (κ3) is 2.67. The third-order valence-electron chi connectivity index (χ3n) is 3.58. The van der Waals surface area contributed by atoms with E-state index in [4.69, 9.17) is 16.7 Å². The standard InChI is InChI=1S/C14H13ClN4O3/c15-9-3-1-4-10(7-9)19-8-11(16-17-19)13(20)18-6-2-5-12(18)14(21)22/h1,3-4,7-8,12H,2,5-6H2,(H,21,22)/t12-/m0/s1. The van der Waals surface area contributed by atoms with Crippen molar-refractivity contribution < 1.29 is 14.7 Å². The molecule has 7 nitrogen and oxygen atoms in total. The van der Waals surface area contributed by atoms with Gasteiger partial charge < -0.3 is 10.0 Å². The van der Waals surface area contributed by atoms with Crippen LogP contribution in [0.5, 0.6) is 0 Å². The van der Waals surface area contributed by atoms with E-state index in [9.17, 15) is 9.59 Å². The normalized spacial score (nSPS) is 17.7. The number of likely N-dealkylation sites (tertiary alicyclic amines) is 1. The Morgan fingerprint density at radius 2 is 2.18 bits per heavy atom. The van der Waals surface area contributed by atoms with Gasteiger partial charge in [-0.25, -0.2) is 9.48 Å². The van der Waals surface area contributed by atoms with Crippen molar-refractivity contribution in [1.82, 2.24) is 19.9 Å². The zero-order valence-corrected chi connectivity index (χ0v) is 12.3. The zero-order chi connectivity index (χ0) is 15.7. The molecule has 0 bridgehead atoms. The van der Waals surface area contributed by atoms with Gasteiger partial charge in [0.15, 0.2) is 5.69 Å². The van der Waals surface area contributed by atoms with Crippen LogP contribution in [0.25, 0.3) is 5.69 Å². The van der Waals surface area contributed by atoms with Crippen LogP contribution in [0.3, 0.4) is 0 Å². The molecule has 3 rings (SSSR count). The predicted octanol–water partition coefficient (Wildman–Crippen LogP) is 1.61. The molecule has 2 aromatic rings. The summed E-state index contributed by atoms with van der Waals surface area (Å²) in [5, 5.41) is 17.4. The van der Waals surface area contributed by atoms with Gasteiger partial charge in [-0.2, -0.15) is 0 Å². The number of hydrogen-bond donors (Lipinski definition) is 1. The Bertz CT molecular complexity index is 730. The second-order valence-electron chi connectivity index (χ2n) is 5.02. The number of hydrogen-bond acceptors (Lipinski definition) is 4. The van der Waals surface area contributed by atoms with Crippen LogP contribution in [-0.4, -0.2) is 49.5 Å². The van der Waals surface area contributed by atoms with Crippen molar-refractivity contribution in [3.8, 4) is 5.69 Å². The van der Waals surface area contributed by atoms with E-state index in [0.29, 0.717) is 30.1 Å². The average Bonchev–Trinajstić information content (AvgIpc) is 3.16. The highest BCUT2D eigenvalue weighted by molar-refractivity contribution is 6.30. The highest BCUT2D eigenvalue weighted by Crippen LogP contribution is 2.20. The average molecular weight is 321 g/mol. The van der Waals surface area contributed by atoms with E-state index in [1.807, 2.05) is 0 Å².